The molecule has 1 heterocycles. The van der Waals surface area contributed by atoms with Crippen LogP contribution in [-0.4, -0.2) is 58.3 Å². The molecular formula is C29H35N3O6S2. The van der Waals surface area contributed by atoms with E-state index < -0.39 is 43.5 Å². The minimum absolute atomic E-state index is 0.0182. The zero-order chi connectivity index (χ0) is 29.7. The molecule has 214 valence electrons. The summed E-state index contributed by atoms with van der Waals surface area (Å²) in [5, 5.41) is 7.64. The van der Waals surface area contributed by atoms with Crippen LogP contribution in [0.1, 0.15) is 36.7 Å². The van der Waals surface area contributed by atoms with Gasteiger partial charge in [-0.05, 0) is 50.6 Å². The average molecular weight is 586 g/mol. The number of carbonyl (C=O) groups is 3. The molecule has 4 unspecified atom stereocenters. The van der Waals surface area contributed by atoms with Crippen LogP contribution in [0, 0.1) is 5.92 Å². The zero-order valence-electron chi connectivity index (χ0n) is 22.6. The number of carboxylic acid groups (broad SMARTS) is 1. The van der Waals surface area contributed by atoms with E-state index in [2.05, 4.69) is 0 Å². The first-order valence-electron chi connectivity index (χ1n) is 12.7. The van der Waals surface area contributed by atoms with Gasteiger partial charge in [-0.1, -0.05) is 54.6 Å². The Morgan fingerprint density at radius 1 is 1.00 bits per heavy atom. The van der Waals surface area contributed by atoms with Crippen LogP contribution in [0.4, 0.5) is 5.69 Å². The molecule has 2 aromatic rings. The molecule has 1 saturated heterocycles. The normalized spacial score (nSPS) is 21.6. The topological polar surface area (TPSA) is 161 Å². The number of rotatable bonds is 7. The molecule has 0 spiro atoms. The molecule has 40 heavy (non-hydrogen) atoms. The summed E-state index contributed by atoms with van der Waals surface area (Å²) in [6, 6.07) is 15.6. The van der Waals surface area contributed by atoms with Crippen molar-refractivity contribution in [2.24, 2.45) is 17.4 Å². The molecule has 11 heteroatoms. The fourth-order valence-electron chi connectivity index (χ4n) is 4.50. The number of anilines is 1. The van der Waals surface area contributed by atoms with Gasteiger partial charge in [0.25, 0.3) is 5.91 Å². The second-order valence-electron chi connectivity index (χ2n) is 10.4. The summed E-state index contributed by atoms with van der Waals surface area (Å²) in [6.45, 7) is 4.93. The van der Waals surface area contributed by atoms with Crippen LogP contribution in [0.25, 0.3) is 0 Å². The summed E-state index contributed by atoms with van der Waals surface area (Å²) in [5.74, 6) is -2.14. The Morgan fingerprint density at radius 3 is 2.23 bits per heavy atom. The number of nitrogens with zero attached hydrogens (tertiary/aromatic N) is 1. The Hall–Kier alpha value is -3.41. The number of benzene rings is 2. The maximum absolute atomic E-state index is 12.7. The first-order chi connectivity index (χ1) is 18.8. The SMILES string of the molecule is CC(C)(C)S(=O)(=O)C1C(C(N)=O)SC2C=CC=CC21.NCc1cccc(C(=O)N(CC(=O)O)c2ccccc2)c1. The van der Waals surface area contributed by atoms with E-state index in [4.69, 9.17) is 16.6 Å². The number of primary amides is 1. The molecule has 4 atom stereocenters. The first kappa shape index (κ1) is 31.1. The molecule has 9 nitrogen and oxygen atoms in total. The molecule has 0 saturated carbocycles. The standard InChI is InChI=1S/C16H16N2O3.C13H19NO3S2/c17-10-12-5-4-6-13(9-12)16(21)18(11-15(19)20)14-7-2-1-3-8-14;1-13(2,3)19(16,17)11-8-6-4-5-7-9(8)18-10(11)12(14)15/h1-9H,10-11,17H2,(H,19,20);4-11H,1-3H3,(H2,14,15). The number of carboxylic acids is 1. The van der Waals surface area contributed by atoms with E-state index in [9.17, 15) is 22.8 Å². The molecule has 2 aliphatic rings. The summed E-state index contributed by atoms with van der Waals surface area (Å²) >= 11 is 1.36. The van der Waals surface area contributed by atoms with Crippen LogP contribution in [0.2, 0.25) is 0 Å². The van der Waals surface area contributed by atoms with Gasteiger partial charge in [-0.3, -0.25) is 19.3 Å². The van der Waals surface area contributed by atoms with Crippen molar-refractivity contribution in [2.45, 2.75) is 47.8 Å². The van der Waals surface area contributed by atoms with Crippen molar-refractivity contribution in [1.82, 2.24) is 0 Å². The highest BCUT2D eigenvalue weighted by Gasteiger charge is 2.54. The van der Waals surface area contributed by atoms with Crippen molar-refractivity contribution < 1.29 is 27.9 Å². The zero-order valence-corrected chi connectivity index (χ0v) is 24.3. The van der Waals surface area contributed by atoms with Gasteiger partial charge in [0.2, 0.25) is 5.91 Å². The third-order valence-corrected chi connectivity index (χ3v) is 11.4. The second kappa shape index (κ2) is 12.8. The number of allylic oxidation sites excluding steroid dienone is 3. The second-order valence-corrected chi connectivity index (χ2v) is 14.6. The van der Waals surface area contributed by atoms with Gasteiger partial charge < -0.3 is 16.6 Å². The number of thioether (sulfide) groups is 1. The van der Waals surface area contributed by atoms with Gasteiger partial charge in [0, 0.05) is 29.0 Å². The van der Waals surface area contributed by atoms with Gasteiger partial charge in [0.1, 0.15) is 11.8 Å². The maximum atomic E-state index is 12.7. The summed E-state index contributed by atoms with van der Waals surface area (Å²) in [6.07, 6.45) is 7.56. The number of sulfone groups is 1. The first-order valence-corrected chi connectivity index (χ1v) is 15.2. The number of fused-ring (bicyclic) bond motifs is 1. The number of carbonyl (C=O) groups excluding carboxylic acids is 2. The van der Waals surface area contributed by atoms with E-state index in [0.717, 1.165) is 5.56 Å². The average Bonchev–Trinajstić information content (AvgIpc) is 3.32. The Labute approximate surface area is 239 Å². The molecule has 1 fully saturated rings. The quantitative estimate of drug-likeness (QED) is 0.447. The lowest BCUT2D eigenvalue weighted by molar-refractivity contribution is -0.135. The van der Waals surface area contributed by atoms with E-state index >= 15 is 0 Å². The number of hydrogen-bond donors (Lipinski definition) is 3. The predicted octanol–water partition coefficient (Wildman–Crippen LogP) is 3.16. The lowest BCUT2D eigenvalue weighted by atomic mass is 9.95. The smallest absolute Gasteiger partial charge is 0.323 e. The molecule has 0 bridgehead atoms. The van der Waals surface area contributed by atoms with E-state index in [1.165, 1.54) is 16.7 Å². The minimum Gasteiger partial charge on any atom is -0.480 e. The third-order valence-electron chi connectivity index (χ3n) is 6.61. The van der Waals surface area contributed by atoms with Crippen molar-refractivity contribution in [3.05, 3.63) is 90.0 Å². The maximum Gasteiger partial charge on any atom is 0.323 e. The Balaban J connectivity index is 0.000000222. The highest BCUT2D eigenvalue weighted by atomic mass is 32.2. The number of hydrogen-bond acceptors (Lipinski definition) is 7. The van der Waals surface area contributed by atoms with Crippen molar-refractivity contribution in [2.75, 3.05) is 11.4 Å². The van der Waals surface area contributed by atoms with Crippen LogP contribution in [0.3, 0.4) is 0 Å². The number of aliphatic carboxylic acids is 1. The molecule has 0 aromatic heterocycles. The van der Waals surface area contributed by atoms with E-state index in [1.807, 2.05) is 36.4 Å². The highest BCUT2D eigenvalue weighted by molar-refractivity contribution is 8.03. The van der Waals surface area contributed by atoms with Gasteiger partial charge in [-0.15, -0.1) is 11.8 Å². The van der Waals surface area contributed by atoms with Gasteiger partial charge in [0.05, 0.1) is 10.00 Å². The molecule has 2 amide bonds. The largest absolute Gasteiger partial charge is 0.480 e. The summed E-state index contributed by atoms with van der Waals surface area (Å²) in [7, 11) is -3.45. The van der Waals surface area contributed by atoms with Crippen molar-refractivity contribution in [3.8, 4) is 0 Å². The van der Waals surface area contributed by atoms with Crippen molar-refractivity contribution >= 4 is 45.1 Å². The fraction of sp³-hybridized carbons (Fsp3) is 0.345. The number of amides is 2. The van der Waals surface area contributed by atoms with Crippen LogP contribution >= 0.6 is 11.8 Å². The van der Waals surface area contributed by atoms with Crippen LogP contribution in [0.15, 0.2) is 78.9 Å². The molecular weight excluding hydrogens is 550 g/mol. The molecule has 1 aliphatic heterocycles. The molecule has 0 radical (unpaired) electrons. The number of para-hydroxylation sites is 1. The van der Waals surface area contributed by atoms with Gasteiger partial charge in [-0.2, -0.15) is 0 Å². The Morgan fingerprint density at radius 2 is 1.65 bits per heavy atom. The van der Waals surface area contributed by atoms with E-state index in [1.54, 1.807) is 63.2 Å². The summed E-state index contributed by atoms with van der Waals surface area (Å²) in [4.78, 5) is 36.5. The molecule has 5 N–H and O–H groups in total. The van der Waals surface area contributed by atoms with Crippen LogP contribution in [-0.2, 0) is 26.0 Å². The third kappa shape index (κ3) is 7.01. The van der Waals surface area contributed by atoms with E-state index in [-0.39, 0.29) is 17.1 Å². The monoisotopic (exact) mass is 585 g/mol. The van der Waals surface area contributed by atoms with E-state index in [0.29, 0.717) is 17.8 Å². The summed E-state index contributed by atoms with van der Waals surface area (Å²) < 4.78 is 24.6. The predicted molar refractivity (Wildman–Crippen MR) is 159 cm³/mol. The van der Waals surface area contributed by atoms with Gasteiger partial charge in [-0.25, -0.2) is 8.42 Å². The Kier molecular flexibility index (Phi) is 9.99. The lowest BCUT2D eigenvalue weighted by Crippen LogP contribution is -2.48. The number of nitrogens with two attached hydrogens (primary N) is 2. The molecule has 2 aromatic carbocycles. The minimum atomic E-state index is -3.45. The van der Waals surface area contributed by atoms with Crippen LogP contribution < -0.4 is 16.4 Å². The fourth-order valence-corrected chi connectivity index (χ4v) is 8.61. The Bertz CT molecular complexity index is 1400. The van der Waals surface area contributed by atoms with Crippen molar-refractivity contribution in [1.29, 1.82) is 0 Å². The molecule has 1 aliphatic carbocycles. The lowest BCUT2D eigenvalue weighted by Gasteiger charge is -2.30. The molecule has 4 rings (SSSR count). The summed E-state index contributed by atoms with van der Waals surface area (Å²) in [5.41, 5.74) is 12.8. The van der Waals surface area contributed by atoms with Crippen LogP contribution in [0.5, 0.6) is 0 Å². The van der Waals surface area contributed by atoms with Gasteiger partial charge in [0.15, 0.2) is 9.84 Å². The van der Waals surface area contributed by atoms with Gasteiger partial charge >= 0.3 is 5.97 Å². The highest BCUT2D eigenvalue weighted by Crippen LogP contribution is 2.47. The van der Waals surface area contributed by atoms with Crippen molar-refractivity contribution in [3.63, 3.8) is 0 Å².